The number of methoxy groups -OCH3 is 1. The van der Waals surface area contributed by atoms with Gasteiger partial charge in [0, 0.05) is 29.1 Å². The van der Waals surface area contributed by atoms with Crippen LogP contribution in [0.4, 0.5) is 5.69 Å². The summed E-state index contributed by atoms with van der Waals surface area (Å²) in [6.45, 7) is 1.94. The summed E-state index contributed by atoms with van der Waals surface area (Å²) in [6, 6.07) is 8.75. The van der Waals surface area contributed by atoms with Gasteiger partial charge in [0.05, 0.1) is 18.8 Å². The molecule has 3 heterocycles. The predicted octanol–water partition coefficient (Wildman–Crippen LogP) is 1.68. The summed E-state index contributed by atoms with van der Waals surface area (Å²) in [7, 11) is 1.44. The van der Waals surface area contributed by atoms with Crippen LogP contribution < -0.4 is 5.32 Å². The number of nitrogens with one attached hydrogen (secondary N) is 1. The Morgan fingerprint density at radius 1 is 1.31 bits per heavy atom. The summed E-state index contributed by atoms with van der Waals surface area (Å²) in [5.41, 5.74) is 1.48. The molecule has 1 saturated heterocycles. The average molecular weight is 352 g/mol. The number of nitrogens with zero attached hydrogens (tertiary/aromatic N) is 1. The molecule has 6 aliphatic rings. The van der Waals surface area contributed by atoms with Crippen LogP contribution in [0.3, 0.4) is 0 Å². The van der Waals surface area contributed by atoms with Crippen LogP contribution in [0.1, 0.15) is 24.8 Å². The number of aliphatic hydroxyl groups is 1. The lowest BCUT2D eigenvalue weighted by Gasteiger charge is -2.69. The molecule has 3 aliphatic carbocycles. The second-order valence-corrected chi connectivity index (χ2v) is 8.72. The van der Waals surface area contributed by atoms with Gasteiger partial charge in [0.2, 0.25) is 0 Å². The average Bonchev–Trinajstić information content (AvgIpc) is 3.20. The molecule has 5 nitrogen and oxygen atoms in total. The van der Waals surface area contributed by atoms with Crippen molar-refractivity contribution in [2.45, 2.75) is 42.4 Å². The third-order valence-electron chi connectivity index (χ3n) is 8.27. The van der Waals surface area contributed by atoms with Crippen molar-refractivity contribution >= 4 is 11.7 Å². The number of hydrogen-bond donors (Lipinski definition) is 2. The zero-order valence-corrected chi connectivity index (χ0v) is 14.9. The van der Waals surface area contributed by atoms with E-state index in [1.165, 1.54) is 12.7 Å². The third-order valence-corrected chi connectivity index (χ3v) is 8.27. The maximum absolute atomic E-state index is 12.9. The highest BCUT2D eigenvalue weighted by molar-refractivity contribution is 5.81. The molecule has 26 heavy (non-hydrogen) atoms. The Morgan fingerprint density at radius 2 is 2.15 bits per heavy atom. The van der Waals surface area contributed by atoms with E-state index < -0.39 is 17.6 Å². The smallest absolute Gasteiger partial charge is 0.313 e. The molecule has 136 valence electrons. The van der Waals surface area contributed by atoms with Gasteiger partial charge in [-0.25, -0.2) is 0 Å². The number of carbonyl (C=O) groups is 1. The van der Waals surface area contributed by atoms with E-state index in [-0.39, 0.29) is 22.8 Å². The Bertz CT molecular complexity index is 853. The first-order valence-electron chi connectivity index (χ1n) is 9.66. The van der Waals surface area contributed by atoms with Crippen LogP contribution in [0.15, 0.2) is 36.4 Å². The Labute approximate surface area is 153 Å². The van der Waals surface area contributed by atoms with Gasteiger partial charge in [0.1, 0.15) is 5.92 Å². The number of para-hydroxylation sites is 1. The van der Waals surface area contributed by atoms with Crippen molar-refractivity contribution < 1.29 is 14.6 Å². The standard InChI is InChI=1S/C21H24N2O3/c1-26-17(25)15-16(24)19-7-4-11-23-12-10-20(18(19)23)13-5-2-3-6-14(13)22-21(15,20)9-8-19/h2-7,15-16,18,22,24H,8-12H2,1H3/t15-,16+,18-,19?,20+,21?/m0/s1. The van der Waals surface area contributed by atoms with Crippen molar-refractivity contribution in [1.82, 2.24) is 4.90 Å². The Morgan fingerprint density at radius 3 is 3.00 bits per heavy atom. The summed E-state index contributed by atoms with van der Waals surface area (Å²) in [5, 5.41) is 15.3. The molecule has 4 fully saturated rings. The fourth-order valence-corrected chi connectivity index (χ4v) is 7.59. The van der Waals surface area contributed by atoms with E-state index >= 15 is 0 Å². The highest BCUT2D eigenvalue weighted by atomic mass is 16.5. The lowest BCUT2D eigenvalue weighted by Crippen LogP contribution is -2.81. The van der Waals surface area contributed by atoms with Gasteiger partial charge in [-0.1, -0.05) is 30.4 Å². The number of aliphatic hydroxyl groups excluding tert-OH is 1. The van der Waals surface area contributed by atoms with Crippen LogP contribution >= 0.6 is 0 Å². The molecule has 2 unspecified atom stereocenters. The molecular weight excluding hydrogens is 328 g/mol. The van der Waals surface area contributed by atoms with Crippen molar-refractivity contribution in [2.24, 2.45) is 11.3 Å². The summed E-state index contributed by atoms with van der Waals surface area (Å²) in [6.07, 6.45) is 6.51. The van der Waals surface area contributed by atoms with Gasteiger partial charge >= 0.3 is 5.97 Å². The van der Waals surface area contributed by atoms with E-state index in [0.29, 0.717) is 0 Å². The van der Waals surface area contributed by atoms with Gasteiger partial charge in [0.25, 0.3) is 0 Å². The van der Waals surface area contributed by atoms with Gasteiger partial charge < -0.3 is 15.2 Å². The number of ether oxygens (including phenoxy) is 1. The second-order valence-electron chi connectivity index (χ2n) is 8.72. The predicted molar refractivity (Wildman–Crippen MR) is 96.8 cm³/mol. The second kappa shape index (κ2) is 4.52. The summed E-state index contributed by atoms with van der Waals surface area (Å²) >= 11 is 0. The first-order chi connectivity index (χ1) is 12.6. The molecule has 0 amide bonds. The van der Waals surface area contributed by atoms with Crippen molar-refractivity contribution in [2.75, 3.05) is 25.5 Å². The quantitative estimate of drug-likeness (QED) is 0.595. The number of benzene rings is 1. The third kappa shape index (κ3) is 1.30. The van der Waals surface area contributed by atoms with Gasteiger partial charge in [-0.2, -0.15) is 0 Å². The highest BCUT2D eigenvalue weighted by Gasteiger charge is 2.81. The zero-order valence-electron chi connectivity index (χ0n) is 14.9. The van der Waals surface area contributed by atoms with E-state index in [2.05, 4.69) is 46.6 Å². The zero-order chi connectivity index (χ0) is 17.7. The van der Waals surface area contributed by atoms with E-state index in [9.17, 15) is 9.90 Å². The maximum atomic E-state index is 12.9. The normalized spacial score (nSPS) is 47.1. The van der Waals surface area contributed by atoms with Crippen LogP contribution in [-0.4, -0.2) is 53.9 Å². The Hall–Kier alpha value is -1.85. The van der Waals surface area contributed by atoms with Gasteiger partial charge in [-0.05, 0) is 37.4 Å². The van der Waals surface area contributed by atoms with E-state index in [1.54, 1.807) is 0 Å². The number of hydrogen-bond acceptors (Lipinski definition) is 5. The number of anilines is 1. The minimum absolute atomic E-state index is 0.148. The molecule has 7 rings (SSSR count). The fourth-order valence-electron chi connectivity index (χ4n) is 7.59. The number of rotatable bonds is 1. The molecular formula is C21H24N2O3. The minimum atomic E-state index is -0.721. The topological polar surface area (TPSA) is 61.8 Å². The molecule has 6 atom stereocenters. The molecule has 2 N–H and O–H groups in total. The van der Waals surface area contributed by atoms with E-state index in [1.807, 2.05) is 0 Å². The van der Waals surface area contributed by atoms with Crippen molar-refractivity contribution in [3.63, 3.8) is 0 Å². The molecule has 1 aromatic carbocycles. The number of esters is 1. The summed E-state index contributed by atoms with van der Waals surface area (Å²) in [4.78, 5) is 15.5. The minimum Gasteiger partial charge on any atom is -0.469 e. The summed E-state index contributed by atoms with van der Waals surface area (Å²) in [5.74, 6) is -0.834. The SMILES string of the molecule is COC(=O)[C@@H]1[C@@H](O)C23C=CCN4CC[C@@]5(c6ccccc6NC15CC2)[C@@H]43. The van der Waals surface area contributed by atoms with Gasteiger partial charge in [0.15, 0.2) is 0 Å². The van der Waals surface area contributed by atoms with Crippen molar-refractivity contribution in [3.05, 3.63) is 42.0 Å². The number of fused-ring (bicyclic) bond motifs is 3. The molecule has 3 spiro atoms. The Balaban J connectivity index is 1.69. The van der Waals surface area contributed by atoms with Crippen LogP contribution in [0.5, 0.6) is 0 Å². The maximum Gasteiger partial charge on any atom is 0.313 e. The lowest BCUT2D eigenvalue weighted by molar-refractivity contribution is -0.193. The number of carbonyl (C=O) groups excluding carboxylic acids is 1. The van der Waals surface area contributed by atoms with Crippen LogP contribution in [0.25, 0.3) is 0 Å². The molecule has 5 heteroatoms. The van der Waals surface area contributed by atoms with Gasteiger partial charge in [-0.15, -0.1) is 0 Å². The molecule has 3 aliphatic heterocycles. The molecule has 0 aromatic heterocycles. The first-order valence-corrected chi connectivity index (χ1v) is 9.66. The van der Waals surface area contributed by atoms with E-state index in [0.717, 1.165) is 38.0 Å². The van der Waals surface area contributed by atoms with Crippen LogP contribution in [0.2, 0.25) is 0 Å². The lowest BCUT2D eigenvalue weighted by atomic mass is 9.38. The van der Waals surface area contributed by atoms with Crippen molar-refractivity contribution in [3.8, 4) is 0 Å². The Kier molecular flexibility index (Phi) is 2.65. The highest BCUT2D eigenvalue weighted by Crippen LogP contribution is 2.73. The van der Waals surface area contributed by atoms with Gasteiger partial charge in [-0.3, -0.25) is 9.69 Å². The largest absolute Gasteiger partial charge is 0.469 e. The molecule has 1 aromatic rings. The van der Waals surface area contributed by atoms with Crippen molar-refractivity contribution in [1.29, 1.82) is 0 Å². The summed E-state index contributed by atoms with van der Waals surface area (Å²) < 4.78 is 5.22. The van der Waals surface area contributed by atoms with Crippen LogP contribution in [0, 0.1) is 11.3 Å². The molecule has 0 radical (unpaired) electrons. The fraction of sp³-hybridized carbons (Fsp3) is 0.571. The van der Waals surface area contributed by atoms with E-state index in [4.69, 9.17) is 4.74 Å². The molecule has 2 bridgehead atoms. The first kappa shape index (κ1) is 15.2. The molecule has 3 saturated carbocycles. The monoisotopic (exact) mass is 352 g/mol. The van der Waals surface area contributed by atoms with Crippen LogP contribution in [-0.2, 0) is 14.9 Å².